The summed E-state index contributed by atoms with van der Waals surface area (Å²) >= 11 is 0. The minimum atomic E-state index is -1.10. The van der Waals surface area contributed by atoms with Crippen molar-refractivity contribution in [2.75, 3.05) is 0 Å². The van der Waals surface area contributed by atoms with Crippen molar-refractivity contribution in [2.24, 2.45) is 0 Å². The molecule has 0 bridgehead atoms. The van der Waals surface area contributed by atoms with E-state index in [0.717, 1.165) is 6.07 Å². The highest BCUT2D eigenvalue weighted by molar-refractivity contribution is 5.93. The van der Waals surface area contributed by atoms with Crippen LogP contribution < -0.4 is 10.2 Å². The summed E-state index contributed by atoms with van der Waals surface area (Å²) < 4.78 is 11.3. The number of phenolic OH excluding ortho intramolecular Hbond substituents is 3. The monoisotopic (exact) mass is 460 g/mol. The van der Waals surface area contributed by atoms with E-state index in [1.54, 1.807) is 12.1 Å². The van der Waals surface area contributed by atoms with Crippen LogP contribution in [0.2, 0.25) is 0 Å². The molecule has 1 aliphatic rings. The number of aromatic hydroxyl groups is 3. The molecule has 5 rings (SSSR count). The third-order valence-electron chi connectivity index (χ3n) is 5.74. The molecule has 0 saturated carbocycles. The lowest BCUT2D eigenvalue weighted by Gasteiger charge is -2.26. The second kappa shape index (κ2) is 7.66. The van der Waals surface area contributed by atoms with Crippen LogP contribution in [0.15, 0.2) is 63.8 Å². The number of hydrogen-bond acceptors (Lipinski definition) is 8. The summed E-state index contributed by atoms with van der Waals surface area (Å²) in [5.74, 6) is -3.44. The number of esters is 1. The van der Waals surface area contributed by atoms with Gasteiger partial charge in [0.1, 0.15) is 28.2 Å². The lowest BCUT2D eigenvalue weighted by atomic mass is 9.84. The first kappa shape index (κ1) is 21.1. The van der Waals surface area contributed by atoms with Gasteiger partial charge in [-0.25, -0.2) is 4.79 Å². The van der Waals surface area contributed by atoms with E-state index < -0.39 is 34.8 Å². The van der Waals surface area contributed by atoms with E-state index in [1.807, 2.05) is 0 Å². The molecule has 0 aliphatic carbocycles. The largest absolute Gasteiger partial charge is 0.507 e. The Morgan fingerprint density at radius 2 is 1.62 bits per heavy atom. The molecule has 0 amide bonds. The fraction of sp³-hybridized carbons (Fsp3) is 0.0800. The number of ether oxygens (including phenoxy) is 1. The van der Waals surface area contributed by atoms with Gasteiger partial charge in [-0.05, 0) is 35.9 Å². The summed E-state index contributed by atoms with van der Waals surface area (Å²) in [6.07, 6.45) is -0.104. The lowest BCUT2D eigenvalue weighted by molar-refractivity contribution is -0.135. The number of phenols is 3. The summed E-state index contributed by atoms with van der Waals surface area (Å²) in [7, 11) is 0. The predicted molar refractivity (Wildman–Crippen MR) is 118 cm³/mol. The van der Waals surface area contributed by atoms with Crippen molar-refractivity contribution < 1.29 is 39.2 Å². The van der Waals surface area contributed by atoms with Gasteiger partial charge >= 0.3 is 11.9 Å². The van der Waals surface area contributed by atoms with Gasteiger partial charge in [0.25, 0.3) is 0 Å². The molecule has 1 atom stereocenters. The molecule has 9 heteroatoms. The summed E-state index contributed by atoms with van der Waals surface area (Å²) in [5.41, 5.74) is 0.717. The third-order valence-corrected chi connectivity index (χ3v) is 5.74. The Labute approximate surface area is 190 Å². The maximum absolute atomic E-state index is 13.0. The maximum atomic E-state index is 13.0. The molecular weight excluding hydrogens is 444 g/mol. The number of rotatable bonds is 3. The quantitative estimate of drug-likeness (QED) is 0.203. The van der Waals surface area contributed by atoms with Gasteiger partial charge in [-0.1, -0.05) is 12.1 Å². The standard InChI is InChI=1S/C25H16O9/c26-15-6-5-13(7-16(15)27)19-9-17(28)23-18(29)10-20-22(24(23)34-19)14(8-21(30)33-20)11-1-3-12(4-2-11)25(31)32/h1-7,9-10,14,26-27,29H,8H2,(H,31,32)/t14-/m0/s1. The average Bonchev–Trinajstić information content (AvgIpc) is 2.79. The topological polar surface area (TPSA) is 155 Å². The van der Waals surface area contributed by atoms with Crippen molar-refractivity contribution >= 4 is 22.9 Å². The molecule has 9 nitrogen and oxygen atoms in total. The van der Waals surface area contributed by atoms with Gasteiger partial charge in [0.05, 0.1) is 12.0 Å². The summed E-state index contributed by atoms with van der Waals surface area (Å²) in [6.45, 7) is 0. The molecule has 4 N–H and O–H groups in total. The van der Waals surface area contributed by atoms with Crippen LogP contribution in [0.3, 0.4) is 0 Å². The Hall–Kier alpha value is -4.79. The van der Waals surface area contributed by atoms with E-state index in [0.29, 0.717) is 16.7 Å². The molecular formula is C25H16O9. The molecule has 3 aromatic carbocycles. The summed E-state index contributed by atoms with van der Waals surface area (Å²) in [5, 5.41) is 39.0. The SMILES string of the molecule is O=C1C[C@@H](c2ccc(C(=O)O)cc2)c2c(cc(O)c3c(=O)cc(-c4ccc(O)c(O)c4)oc23)O1. The first-order valence-electron chi connectivity index (χ1n) is 10.1. The lowest BCUT2D eigenvalue weighted by Crippen LogP contribution is -2.22. The van der Waals surface area contributed by atoms with Crippen LogP contribution in [-0.4, -0.2) is 32.4 Å². The Morgan fingerprint density at radius 1 is 0.882 bits per heavy atom. The van der Waals surface area contributed by atoms with Crippen molar-refractivity contribution in [2.45, 2.75) is 12.3 Å². The van der Waals surface area contributed by atoms with Gasteiger partial charge in [-0.3, -0.25) is 9.59 Å². The van der Waals surface area contributed by atoms with Crippen LogP contribution in [0.4, 0.5) is 0 Å². The highest BCUT2D eigenvalue weighted by Gasteiger charge is 2.33. The zero-order chi connectivity index (χ0) is 24.1. The Balaban J connectivity index is 1.77. The van der Waals surface area contributed by atoms with Crippen LogP contribution in [0, 0.1) is 0 Å². The van der Waals surface area contributed by atoms with E-state index in [2.05, 4.69) is 0 Å². The number of carbonyl (C=O) groups is 2. The van der Waals surface area contributed by atoms with Crippen LogP contribution in [0.1, 0.15) is 33.8 Å². The molecule has 0 radical (unpaired) electrons. The number of hydrogen-bond donors (Lipinski definition) is 4. The van der Waals surface area contributed by atoms with Crippen molar-refractivity contribution in [3.8, 4) is 34.3 Å². The molecule has 170 valence electrons. The normalized spacial score (nSPS) is 15.1. The number of carboxylic acid groups (broad SMARTS) is 1. The minimum absolute atomic E-state index is 0.00937. The molecule has 2 heterocycles. The number of aromatic carboxylic acids is 1. The molecule has 4 aromatic rings. The zero-order valence-corrected chi connectivity index (χ0v) is 17.3. The Morgan fingerprint density at radius 3 is 2.29 bits per heavy atom. The predicted octanol–water partition coefficient (Wildman–Crippen LogP) is 3.72. The van der Waals surface area contributed by atoms with Crippen LogP contribution >= 0.6 is 0 Å². The van der Waals surface area contributed by atoms with Crippen molar-refractivity contribution in [1.82, 2.24) is 0 Å². The van der Waals surface area contributed by atoms with Crippen molar-refractivity contribution in [1.29, 1.82) is 0 Å². The second-order valence-corrected chi connectivity index (χ2v) is 7.85. The Bertz CT molecular complexity index is 1550. The molecule has 34 heavy (non-hydrogen) atoms. The number of carboxylic acids is 1. The zero-order valence-electron chi connectivity index (χ0n) is 17.3. The average molecular weight is 460 g/mol. The fourth-order valence-electron chi connectivity index (χ4n) is 4.12. The van der Waals surface area contributed by atoms with E-state index in [1.165, 1.54) is 36.4 Å². The van der Waals surface area contributed by atoms with Gasteiger partial charge in [0, 0.05) is 29.2 Å². The van der Waals surface area contributed by atoms with Crippen LogP contribution in [-0.2, 0) is 4.79 Å². The van der Waals surface area contributed by atoms with Gasteiger partial charge in [-0.15, -0.1) is 0 Å². The highest BCUT2D eigenvalue weighted by Crippen LogP contribution is 2.46. The number of benzene rings is 3. The maximum Gasteiger partial charge on any atom is 0.335 e. The number of carbonyl (C=O) groups excluding carboxylic acids is 1. The van der Waals surface area contributed by atoms with Gasteiger partial charge in [0.2, 0.25) is 0 Å². The first-order valence-corrected chi connectivity index (χ1v) is 10.1. The first-order chi connectivity index (χ1) is 16.2. The smallest absolute Gasteiger partial charge is 0.335 e. The molecule has 0 saturated heterocycles. The van der Waals surface area contributed by atoms with Crippen LogP contribution in [0.5, 0.6) is 23.0 Å². The van der Waals surface area contributed by atoms with Gasteiger partial charge < -0.3 is 29.6 Å². The summed E-state index contributed by atoms with van der Waals surface area (Å²) in [4.78, 5) is 36.5. The third kappa shape index (κ3) is 3.39. The van der Waals surface area contributed by atoms with Crippen molar-refractivity contribution in [3.63, 3.8) is 0 Å². The van der Waals surface area contributed by atoms with E-state index >= 15 is 0 Å². The minimum Gasteiger partial charge on any atom is -0.507 e. The highest BCUT2D eigenvalue weighted by atomic mass is 16.5. The summed E-state index contributed by atoms with van der Waals surface area (Å²) in [6, 6.07) is 12.2. The number of fused-ring (bicyclic) bond motifs is 3. The van der Waals surface area contributed by atoms with E-state index in [9.17, 15) is 34.8 Å². The van der Waals surface area contributed by atoms with Crippen molar-refractivity contribution in [3.05, 3.63) is 81.5 Å². The second-order valence-electron chi connectivity index (χ2n) is 7.85. The Kier molecular flexibility index (Phi) is 4.75. The molecule has 0 unspecified atom stereocenters. The molecule has 0 spiro atoms. The van der Waals surface area contributed by atoms with Crippen LogP contribution in [0.25, 0.3) is 22.3 Å². The van der Waals surface area contributed by atoms with E-state index in [4.69, 9.17) is 9.15 Å². The van der Waals surface area contributed by atoms with E-state index in [-0.39, 0.29) is 40.2 Å². The molecule has 1 aromatic heterocycles. The fourth-order valence-corrected chi connectivity index (χ4v) is 4.12. The molecule has 0 fully saturated rings. The van der Waals surface area contributed by atoms with Gasteiger partial charge in [0.15, 0.2) is 16.9 Å². The molecule has 1 aliphatic heterocycles. The van der Waals surface area contributed by atoms with Gasteiger partial charge in [-0.2, -0.15) is 0 Å².